The van der Waals surface area contributed by atoms with Gasteiger partial charge in [0, 0.05) is 10.8 Å². The molecule has 232 valence electrons. The van der Waals surface area contributed by atoms with Crippen LogP contribution >= 0.6 is 0 Å². The van der Waals surface area contributed by atoms with E-state index < -0.39 is 0 Å². The molecule has 0 fully saturated rings. The smallest absolute Gasteiger partial charge is 0.135 e. The van der Waals surface area contributed by atoms with Crippen molar-refractivity contribution < 1.29 is 4.42 Å². The summed E-state index contributed by atoms with van der Waals surface area (Å²) in [5, 5.41) is 7.92. The monoisotopic (exact) mass is 602 g/mol. The number of rotatable bonds is 2. The summed E-state index contributed by atoms with van der Waals surface area (Å²) in [6.07, 6.45) is 0. The van der Waals surface area contributed by atoms with Crippen LogP contribution < -0.4 is 0 Å². The number of hydrogen-bond acceptors (Lipinski definition) is 1. The summed E-state index contributed by atoms with van der Waals surface area (Å²) in [4.78, 5) is 0. The summed E-state index contributed by atoms with van der Waals surface area (Å²) in [5.74, 6) is 0. The van der Waals surface area contributed by atoms with Crippen molar-refractivity contribution in [3.8, 4) is 22.3 Å². The van der Waals surface area contributed by atoms with E-state index in [1.165, 1.54) is 127 Å². The molecule has 0 unspecified atom stereocenters. The maximum absolute atomic E-state index is 6.31. The van der Waals surface area contributed by atoms with Crippen LogP contribution in [-0.2, 0) is 0 Å². The van der Waals surface area contributed by atoms with Gasteiger partial charge in [-0.25, -0.2) is 0 Å². The topological polar surface area (TPSA) is 13.1 Å². The molecule has 1 nitrogen and oxygen atoms in total. The quantitative estimate of drug-likeness (QED) is 0.179. The number of furan rings is 1. The van der Waals surface area contributed by atoms with Crippen molar-refractivity contribution in [3.05, 3.63) is 115 Å². The Morgan fingerprint density at radius 3 is 1.22 bits per heavy atom. The first-order valence-electron chi connectivity index (χ1n) is 16.7. The summed E-state index contributed by atoms with van der Waals surface area (Å²) < 4.78 is 6.31. The summed E-state index contributed by atoms with van der Waals surface area (Å²) >= 11 is 0. The maximum atomic E-state index is 6.31. The van der Waals surface area contributed by atoms with Crippen molar-refractivity contribution in [2.45, 2.75) is 90.0 Å². The van der Waals surface area contributed by atoms with Crippen molar-refractivity contribution in [1.29, 1.82) is 0 Å². The lowest BCUT2D eigenvalue weighted by Gasteiger charge is -2.29. The second-order valence-corrected chi connectivity index (χ2v) is 14.1. The molecule has 0 bridgehead atoms. The van der Waals surface area contributed by atoms with Crippen LogP contribution in [0.2, 0.25) is 0 Å². The number of para-hydroxylation sites is 1. The Morgan fingerprint density at radius 2 is 0.717 bits per heavy atom. The highest BCUT2D eigenvalue weighted by Gasteiger charge is 2.28. The van der Waals surface area contributed by atoms with E-state index in [2.05, 4.69) is 132 Å². The fourth-order valence-electron chi connectivity index (χ4n) is 8.42. The largest absolute Gasteiger partial charge is 0.456 e. The number of hydrogen-bond donors (Lipinski definition) is 0. The fourth-order valence-corrected chi connectivity index (χ4v) is 8.42. The van der Waals surface area contributed by atoms with Crippen LogP contribution in [0, 0.1) is 90.0 Å². The molecule has 46 heavy (non-hydrogen) atoms. The van der Waals surface area contributed by atoms with E-state index in [1.807, 2.05) is 0 Å². The van der Waals surface area contributed by atoms with Crippen molar-refractivity contribution in [1.82, 2.24) is 0 Å². The third-order valence-electron chi connectivity index (χ3n) is 12.3. The van der Waals surface area contributed by atoms with Gasteiger partial charge in [-0.2, -0.15) is 0 Å². The molecule has 1 heteroatoms. The van der Waals surface area contributed by atoms with Gasteiger partial charge in [0.2, 0.25) is 0 Å². The van der Waals surface area contributed by atoms with Crippen molar-refractivity contribution in [2.75, 3.05) is 0 Å². The first kappa shape index (κ1) is 30.3. The molecule has 0 N–H and O–H groups in total. The Balaban J connectivity index is 1.84. The molecule has 0 aliphatic heterocycles. The highest BCUT2D eigenvalue weighted by atomic mass is 16.3. The molecule has 0 saturated heterocycles. The van der Waals surface area contributed by atoms with E-state index in [0.29, 0.717) is 0 Å². The molecule has 7 aromatic rings. The van der Waals surface area contributed by atoms with Gasteiger partial charge in [-0.1, -0.05) is 24.3 Å². The standard InChI is InChI=1S/C45H46O/c1-21-22(2)28(8)39(29(9)23(21)3)45-42-32(12)26(6)24(4)30(10)40(42)44(41-31(11)25(5)27(7)33(13)43(41)45)34-18-19-38-36(20-34)35-16-14-15-17-37(35)46-38/h14-20H,1-13H3. The lowest BCUT2D eigenvalue weighted by molar-refractivity contribution is 0.669. The second-order valence-electron chi connectivity index (χ2n) is 14.1. The average molecular weight is 603 g/mol. The predicted octanol–water partition coefficient (Wildman–Crippen LogP) is 13.2. The summed E-state index contributed by atoms with van der Waals surface area (Å²) in [6.45, 7) is 30.3. The SMILES string of the molecule is Cc1c(C)c(C)c(-c2c3c(C)c(C)c(C)c(C)c3c(-c3ccc4oc5ccccc5c4c3)c3c(C)c(C)c(C)c(C)c23)c(C)c1C. The minimum Gasteiger partial charge on any atom is -0.456 e. The average Bonchev–Trinajstić information content (AvgIpc) is 3.43. The Hall–Kier alpha value is -4.36. The minimum absolute atomic E-state index is 0.937. The second kappa shape index (κ2) is 10.3. The van der Waals surface area contributed by atoms with Crippen LogP contribution in [-0.4, -0.2) is 0 Å². The van der Waals surface area contributed by atoms with Gasteiger partial charge in [-0.3, -0.25) is 0 Å². The third kappa shape index (κ3) is 3.87. The Morgan fingerprint density at radius 1 is 0.326 bits per heavy atom. The van der Waals surface area contributed by atoms with Gasteiger partial charge in [-0.15, -0.1) is 0 Å². The van der Waals surface area contributed by atoms with Crippen LogP contribution in [0.1, 0.15) is 72.3 Å². The van der Waals surface area contributed by atoms with E-state index >= 15 is 0 Å². The van der Waals surface area contributed by atoms with E-state index in [9.17, 15) is 0 Å². The highest BCUT2D eigenvalue weighted by molar-refractivity contribution is 6.26. The Kier molecular flexibility index (Phi) is 6.80. The van der Waals surface area contributed by atoms with Crippen LogP contribution in [0.25, 0.3) is 65.7 Å². The summed E-state index contributed by atoms with van der Waals surface area (Å²) in [6, 6.07) is 15.3. The van der Waals surface area contributed by atoms with Gasteiger partial charge in [0.1, 0.15) is 11.2 Å². The van der Waals surface area contributed by atoms with Gasteiger partial charge >= 0.3 is 0 Å². The lowest BCUT2D eigenvalue weighted by Crippen LogP contribution is -2.06. The molecule has 1 heterocycles. The van der Waals surface area contributed by atoms with Gasteiger partial charge in [0.15, 0.2) is 0 Å². The minimum atomic E-state index is 0.937. The Labute approximate surface area is 274 Å². The van der Waals surface area contributed by atoms with Crippen LogP contribution in [0.5, 0.6) is 0 Å². The maximum Gasteiger partial charge on any atom is 0.135 e. The molecule has 0 saturated carbocycles. The molecule has 0 atom stereocenters. The van der Waals surface area contributed by atoms with E-state index in [1.54, 1.807) is 0 Å². The molecular weight excluding hydrogens is 556 g/mol. The zero-order chi connectivity index (χ0) is 33.1. The molecule has 6 aromatic carbocycles. The van der Waals surface area contributed by atoms with Gasteiger partial charge in [-0.05, 0) is 224 Å². The lowest BCUT2D eigenvalue weighted by atomic mass is 9.74. The van der Waals surface area contributed by atoms with Crippen molar-refractivity contribution in [3.63, 3.8) is 0 Å². The highest BCUT2D eigenvalue weighted by Crippen LogP contribution is 2.52. The third-order valence-corrected chi connectivity index (χ3v) is 12.3. The van der Waals surface area contributed by atoms with Gasteiger partial charge in [0.25, 0.3) is 0 Å². The zero-order valence-corrected chi connectivity index (χ0v) is 29.9. The number of fused-ring (bicyclic) bond motifs is 5. The van der Waals surface area contributed by atoms with Crippen molar-refractivity contribution >= 4 is 43.5 Å². The molecule has 0 radical (unpaired) electrons. The van der Waals surface area contributed by atoms with E-state index in [-0.39, 0.29) is 0 Å². The fraction of sp³-hybridized carbons (Fsp3) is 0.289. The molecule has 0 aliphatic rings. The van der Waals surface area contributed by atoms with Crippen molar-refractivity contribution in [2.24, 2.45) is 0 Å². The first-order chi connectivity index (χ1) is 21.8. The number of benzene rings is 6. The normalized spacial score (nSPS) is 12.0. The molecular formula is C45H46O. The molecule has 0 aliphatic carbocycles. The molecule has 7 rings (SSSR count). The van der Waals surface area contributed by atoms with Gasteiger partial charge < -0.3 is 4.42 Å². The summed E-state index contributed by atoms with van der Waals surface area (Å²) in [5.41, 5.74) is 25.4. The van der Waals surface area contributed by atoms with Crippen LogP contribution in [0.4, 0.5) is 0 Å². The first-order valence-corrected chi connectivity index (χ1v) is 16.7. The molecule has 0 amide bonds. The summed E-state index contributed by atoms with van der Waals surface area (Å²) in [7, 11) is 0. The molecule has 0 spiro atoms. The Bertz CT molecular complexity index is 2370. The van der Waals surface area contributed by atoms with Crippen LogP contribution in [0.3, 0.4) is 0 Å². The molecule has 1 aromatic heterocycles. The van der Waals surface area contributed by atoms with Gasteiger partial charge in [0.05, 0.1) is 0 Å². The van der Waals surface area contributed by atoms with E-state index in [4.69, 9.17) is 4.42 Å². The number of aryl methyl sites for hydroxylation is 4. The predicted molar refractivity (Wildman–Crippen MR) is 201 cm³/mol. The van der Waals surface area contributed by atoms with Crippen LogP contribution in [0.15, 0.2) is 46.9 Å². The van der Waals surface area contributed by atoms with E-state index in [0.717, 1.165) is 11.2 Å². The zero-order valence-electron chi connectivity index (χ0n) is 29.9.